The minimum atomic E-state index is -0.111. The van der Waals surface area contributed by atoms with Crippen LogP contribution in [0.5, 0.6) is 0 Å². The Bertz CT molecular complexity index is 886. The Hall–Kier alpha value is -3.05. The van der Waals surface area contributed by atoms with Crippen molar-refractivity contribution >= 4 is 11.7 Å². The number of carbonyl (C=O) groups excluding carboxylic acids is 1. The standard InChI is InChI=1S/C23H24N4O/c28-23(26-22-8-4-5-12-25-22)21-17-27(15-11-18-6-2-1-3-7-18)16-20(21)19-9-13-24-14-10-19/h1-10,12-14,20-21H,11,15-17H2,(H,25,26,28)/t20-,21?/m0/s1. The number of amides is 1. The second-order valence-corrected chi connectivity index (χ2v) is 7.19. The summed E-state index contributed by atoms with van der Waals surface area (Å²) in [6, 6.07) is 20.1. The fourth-order valence-corrected chi connectivity index (χ4v) is 3.87. The molecule has 28 heavy (non-hydrogen) atoms. The molecule has 1 amide bonds. The van der Waals surface area contributed by atoms with Crippen LogP contribution in [0.25, 0.3) is 0 Å². The van der Waals surface area contributed by atoms with Crippen molar-refractivity contribution in [2.45, 2.75) is 12.3 Å². The largest absolute Gasteiger partial charge is 0.310 e. The summed E-state index contributed by atoms with van der Waals surface area (Å²) >= 11 is 0. The van der Waals surface area contributed by atoms with Crippen LogP contribution in [-0.2, 0) is 11.2 Å². The van der Waals surface area contributed by atoms with E-state index in [0.717, 1.165) is 26.1 Å². The molecule has 4 rings (SSSR count). The zero-order valence-corrected chi connectivity index (χ0v) is 15.7. The summed E-state index contributed by atoms with van der Waals surface area (Å²) < 4.78 is 0. The molecule has 1 fully saturated rings. The lowest BCUT2D eigenvalue weighted by molar-refractivity contribution is -0.119. The average molecular weight is 372 g/mol. The minimum absolute atomic E-state index is 0.0303. The van der Waals surface area contributed by atoms with Crippen LogP contribution >= 0.6 is 0 Å². The second kappa shape index (κ2) is 8.76. The smallest absolute Gasteiger partial charge is 0.230 e. The molecule has 3 aromatic rings. The number of rotatable bonds is 6. The van der Waals surface area contributed by atoms with Gasteiger partial charge in [-0.05, 0) is 41.8 Å². The number of pyridine rings is 2. The van der Waals surface area contributed by atoms with Gasteiger partial charge in [-0.1, -0.05) is 36.4 Å². The third kappa shape index (κ3) is 4.43. The first-order valence-corrected chi connectivity index (χ1v) is 9.68. The highest BCUT2D eigenvalue weighted by Crippen LogP contribution is 2.33. The normalized spacial score (nSPS) is 19.4. The van der Waals surface area contributed by atoms with Gasteiger partial charge in [-0.15, -0.1) is 0 Å². The Labute approximate surface area is 165 Å². The van der Waals surface area contributed by atoms with Gasteiger partial charge in [0.2, 0.25) is 5.91 Å². The highest BCUT2D eigenvalue weighted by Gasteiger charge is 2.38. The fraction of sp³-hybridized carbons (Fsp3) is 0.261. The Morgan fingerprint density at radius 1 is 0.964 bits per heavy atom. The van der Waals surface area contributed by atoms with E-state index in [1.54, 1.807) is 18.6 Å². The molecular weight excluding hydrogens is 348 g/mol. The zero-order valence-electron chi connectivity index (χ0n) is 15.7. The van der Waals surface area contributed by atoms with E-state index in [9.17, 15) is 4.79 Å². The van der Waals surface area contributed by atoms with Crippen molar-refractivity contribution in [3.63, 3.8) is 0 Å². The zero-order chi connectivity index (χ0) is 19.2. The summed E-state index contributed by atoms with van der Waals surface area (Å²) in [6.07, 6.45) is 6.28. The Morgan fingerprint density at radius 2 is 1.75 bits per heavy atom. The van der Waals surface area contributed by atoms with E-state index in [1.807, 2.05) is 36.4 Å². The molecule has 0 saturated carbocycles. The van der Waals surface area contributed by atoms with Gasteiger partial charge >= 0.3 is 0 Å². The van der Waals surface area contributed by atoms with Crippen molar-refractivity contribution in [3.8, 4) is 0 Å². The lowest BCUT2D eigenvalue weighted by atomic mass is 9.89. The maximum Gasteiger partial charge on any atom is 0.230 e. The number of carbonyl (C=O) groups is 1. The molecule has 5 heteroatoms. The van der Waals surface area contributed by atoms with E-state index in [1.165, 1.54) is 11.1 Å². The van der Waals surface area contributed by atoms with Crippen LogP contribution in [0.4, 0.5) is 5.82 Å². The van der Waals surface area contributed by atoms with Crippen LogP contribution in [0.1, 0.15) is 17.0 Å². The van der Waals surface area contributed by atoms with Gasteiger partial charge in [0.1, 0.15) is 5.82 Å². The maximum absolute atomic E-state index is 13.0. The molecule has 1 aliphatic rings. The first-order chi connectivity index (χ1) is 13.8. The van der Waals surface area contributed by atoms with Gasteiger partial charge in [0, 0.05) is 44.1 Å². The fourth-order valence-electron chi connectivity index (χ4n) is 3.87. The highest BCUT2D eigenvalue weighted by molar-refractivity contribution is 5.92. The number of nitrogens with one attached hydrogen (secondary N) is 1. The van der Waals surface area contributed by atoms with Gasteiger partial charge < -0.3 is 10.2 Å². The summed E-state index contributed by atoms with van der Waals surface area (Å²) in [5.41, 5.74) is 2.49. The van der Waals surface area contributed by atoms with Crippen molar-refractivity contribution in [2.24, 2.45) is 5.92 Å². The molecule has 0 aliphatic carbocycles. The third-order valence-electron chi connectivity index (χ3n) is 5.34. The summed E-state index contributed by atoms with van der Waals surface area (Å²) in [5, 5.41) is 2.99. The Morgan fingerprint density at radius 3 is 2.50 bits per heavy atom. The maximum atomic E-state index is 13.0. The molecule has 1 aromatic carbocycles. The number of benzene rings is 1. The number of hydrogen-bond acceptors (Lipinski definition) is 4. The summed E-state index contributed by atoms with van der Waals surface area (Å²) in [7, 11) is 0. The molecule has 142 valence electrons. The highest BCUT2D eigenvalue weighted by atomic mass is 16.2. The number of aromatic nitrogens is 2. The van der Waals surface area contributed by atoms with Gasteiger partial charge in [-0.2, -0.15) is 0 Å². The van der Waals surface area contributed by atoms with Gasteiger partial charge in [0.25, 0.3) is 0 Å². The first kappa shape index (κ1) is 18.3. The monoisotopic (exact) mass is 372 g/mol. The van der Waals surface area contributed by atoms with Crippen molar-refractivity contribution in [1.29, 1.82) is 0 Å². The van der Waals surface area contributed by atoms with E-state index in [-0.39, 0.29) is 17.7 Å². The van der Waals surface area contributed by atoms with Crippen molar-refractivity contribution in [2.75, 3.05) is 25.0 Å². The van der Waals surface area contributed by atoms with Crippen LogP contribution in [0.2, 0.25) is 0 Å². The average Bonchev–Trinajstić information content (AvgIpc) is 3.19. The van der Waals surface area contributed by atoms with Crippen LogP contribution in [0, 0.1) is 5.92 Å². The van der Waals surface area contributed by atoms with Crippen LogP contribution in [0.3, 0.4) is 0 Å². The topological polar surface area (TPSA) is 58.1 Å². The van der Waals surface area contributed by atoms with Gasteiger partial charge in [0.05, 0.1) is 5.92 Å². The molecular formula is C23H24N4O. The van der Waals surface area contributed by atoms with E-state index < -0.39 is 0 Å². The molecule has 5 nitrogen and oxygen atoms in total. The molecule has 0 spiro atoms. The quantitative estimate of drug-likeness (QED) is 0.721. The van der Waals surface area contributed by atoms with Crippen LogP contribution < -0.4 is 5.32 Å². The van der Waals surface area contributed by atoms with Gasteiger partial charge in [-0.3, -0.25) is 9.78 Å². The van der Waals surface area contributed by atoms with Crippen LogP contribution in [0.15, 0.2) is 79.3 Å². The van der Waals surface area contributed by atoms with E-state index in [2.05, 4.69) is 44.5 Å². The SMILES string of the molecule is O=C(Nc1ccccn1)C1CN(CCc2ccccc2)C[C@H]1c1ccncc1. The Kier molecular flexibility index (Phi) is 5.73. The summed E-state index contributed by atoms with van der Waals surface area (Å²) in [6.45, 7) is 2.56. The molecule has 3 heterocycles. The minimum Gasteiger partial charge on any atom is -0.310 e. The van der Waals surface area contributed by atoms with Gasteiger partial charge in [-0.25, -0.2) is 4.98 Å². The molecule has 1 saturated heterocycles. The van der Waals surface area contributed by atoms with E-state index in [0.29, 0.717) is 5.82 Å². The number of likely N-dealkylation sites (tertiary alicyclic amines) is 1. The van der Waals surface area contributed by atoms with E-state index in [4.69, 9.17) is 0 Å². The van der Waals surface area contributed by atoms with Crippen molar-refractivity contribution in [3.05, 3.63) is 90.4 Å². The molecule has 1 N–H and O–H groups in total. The molecule has 2 atom stereocenters. The number of nitrogens with zero attached hydrogens (tertiary/aromatic N) is 3. The molecule has 0 radical (unpaired) electrons. The van der Waals surface area contributed by atoms with Gasteiger partial charge in [0.15, 0.2) is 0 Å². The molecule has 1 unspecified atom stereocenters. The van der Waals surface area contributed by atoms with Crippen molar-refractivity contribution < 1.29 is 4.79 Å². The molecule has 1 aliphatic heterocycles. The molecule has 2 aromatic heterocycles. The van der Waals surface area contributed by atoms with Crippen LogP contribution in [-0.4, -0.2) is 40.4 Å². The number of anilines is 1. The number of hydrogen-bond donors (Lipinski definition) is 1. The van der Waals surface area contributed by atoms with Crippen molar-refractivity contribution in [1.82, 2.24) is 14.9 Å². The predicted octanol–water partition coefficient (Wildman–Crippen LogP) is 3.37. The van der Waals surface area contributed by atoms with E-state index >= 15 is 0 Å². The Balaban J connectivity index is 1.48. The first-order valence-electron chi connectivity index (χ1n) is 9.68. The summed E-state index contributed by atoms with van der Waals surface area (Å²) in [4.78, 5) is 23.8. The lowest BCUT2D eigenvalue weighted by Crippen LogP contribution is -2.29. The second-order valence-electron chi connectivity index (χ2n) is 7.19. The molecule has 0 bridgehead atoms. The lowest BCUT2D eigenvalue weighted by Gasteiger charge is -2.18. The summed E-state index contributed by atoms with van der Waals surface area (Å²) in [5.74, 6) is 0.675. The third-order valence-corrected chi connectivity index (χ3v) is 5.34. The predicted molar refractivity (Wildman–Crippen MR) is 110 cm³/mol.